The maximum atomic E-state index is 12.8. The zero-order chi connectivity index (χ0) is 14.6. The van der Waals surface area contributed by atoms with E-state index >= 15 is 0 Å². The van der Waals surface area contributed by atoms with Gasteiger partial charge in [0.25, 0.3) is 0 Å². The first-order chi connectivity index (χ1) is 10.2. The third-order valence-corrected chi connectivity index (χ3v) is 5.07. The van der Waals surface area contributed by atoms with Crippen LogP contribution in [0, 0.1) is 23.7 Å². The molecule has 108 valence electrons. The summed E-state index contributed by atoms with van der Waals surface area (Å²) in [5.41, 5.74) is 0.623. The fourth-order valence-electron chi connectivity index (χ4n) is 4.08. The van der Waals surface area contributed by atoms with Gasteiger partial charge in [-0.15, -0.1) is 0 Å². The van der Waals surface area contributed by atoms with Gasteiger partial charge in [0.1, 0.15) is 5.75 Å². The molecule has 5 rings (SSSR count). The van der Waals surface area contributed by atoms with Crippen LogP contribution in [0.2, 0.25) is 0 Å². The Morgan fingerprint density at radius 1 is 1.05 bits per heavy atom. The third-order valence-electron chi connectivity index (χ3n) is 5.07. The largest absolute Gasteiger partial charge is 0.497 e. The zero-order valence-electron chi connectivity index (χ0n) is 11.9. The SMILES string of the molecule is COc1cccc(N2C(=O)[C@@H]3[C@@H](C2=O)[C@H]2C=C[C@@H]3CC2)c1. The average molecular weight is 283 g/mol. The highest BCUT2D eigenvalue weighted by Gasteiger charge is 2.56. The Labute approximate surface area is 123 Å². The van der Waals surface area contributed by atoms with Crippen molar-refractivity contribution in [2.75, 3.05) is 12.0 Å². The predicted octanol–water partition coefficient (Wildman–Crippen LogP) is 2.40. The summed E-state index contributed by atoms with van der Waals surface area (Å²) in [5.74, 6) is 0.706. The number of benzene rings is 1. The van der Waals surface area contributed by atoms with E-state index in [9.17, 15) is 9.59 Å². The van der Waals surface area contributed by atoms with E-state index in [0.29, 0.717) is 11.4 Å². The number of amides is 2. The van der Waals surface area contributed by atoms with Gasteiger partial charge in [-0.1, -0.05) is 18.2 Å². The molecule has 2 fully saturated rings. The number of allylic oxidation sites excluding steroid dienone is 2. The fraction of sp³-hybridized carbons (Fsp3) is 0.412. The van der Waals surface area contributed by atoms with E-state index in [-0.39, 0.29) is 35.5 Å². The van der Waals surface area contributed by atoms with Crippen LogP contribution in [0.3, 0.4) is 0 Å². The van der Waals surface area contributed by atoms with Crippen LogP contribution in [0.25, 0.3) is 0 Å². The van der Waals surface area contributed by atoms with Crippen LogP contribution in [0.5, 0.6) is 5.75 Å². The monoisotopic (exact) mass is 283 g/mol. The molecule has 1 saturated carbocycles. The van der Waals surface area contributed by atoms with Gasteiger partial charge < -0.3 is 4.74 Å². The Morgan fingerprint density at radius 3 is 2.19 bits per heavy atom. The fourth-order valence-corrected chi connectivity index (χ4v) is 4.08. The molecule has 4 aliphatic rings. The van der Waals surface area contributed by atoms with Gasteiger partial charge in [0.2, 0.25) is 11.8 Å². The summed E-state index contributed by atoms with van der Waals surface area (Å²) in [6.45, 7) is 0. The van der Waals surface area contributed by atoms with Crippen LogP contribution >= 0.6 is 0 Å². The number of hydrogen-bond acceptors (Lipinski definition) is 3. The van der Waals surface area contributed by atoms with Crippen molar-refractivity contribution in [1.29, 1.82) is 0 Å². The second kappa shape index (κ2) is 4.45. The van der Waals surface area contributed by atoms with Crippen molar-refractivity contribution in [1.82, 2.24) is 0 Å². The van der Waals surface area contributed by atoms with Crippen LogP contribution in [0.4, 0.5) is 5.69 Å². The highest BCUT2D eigenvalue weighted by Crippen LogP contribution is 2.50. The molecule has 1 aromatic carbocycles. The average Bonchev–Trinajstić information content (AvgIpc) is 2.82. The van der Waals surface area contributed by atoms with Gasteiger partial charge in [0, 0.05) is 6.07 Å². The Balaban J connectivity index is 1.75. The van der Waals surface area contributed by atoms with Gasteiger partial charge in [-0.25, -0.2) is 4.90 Å². The minimum Gasteiger partial charge on any atom is -0.497 e. The topological polar surface area (TPSA) is 46.6 Å². The lowest BCUT2D eigenvalue weighted by molar-refractivity contribution is -0.124. The minimum absolute atomic E-state index is 0.0442. The lowest BCUT2D eigenvalue weighted by Gasteiger charge is -2.38. The van der Waals surface area contributed by atoms with Gasteiger partial charge in [0.05, 0.1) is 24.6 Å². The lowest BCUT2D eigenvalue weighted by Crippen LogP contribution is -2.38. The van der Waals surface area contributed by atoms with Gasteiger partial charge in [-0.2, -0.15) is 0 Å². The molecule has 1 aliphatic heterocycles. The summed E-state index contributed by atoms with van der Waals surface area (Å²) in [7, 11) is 1.58. The first kappa shape index (κ1) is 12.6. The van der Waals surface area contributed by atoms with Crippen molar-refractivity contribution >= 4 is 17.5 Å². The zero-order valence-corrected chi connectivity index (χ0v) is 11.9. The molecule has 1 saturated heterocycles. The van der Waals surface area contributed by atoms with Gasteiger partial charge in [0.15, 0.2) is 0 Å². The molecule has 1 aromatic rings. The molecule has 3 aliphatic carbocycles. The predicted molar refractivity (Wildman–Crippen MR) is 77.8 cm³/mol. The van der Waals surface area contributed by atoms with Crippen molar-refractivity contribution in [2.45, 2.75) is 12.8 Å². The molecule has 4 nitrogen and oxygen atoms in total. The number of methoxy groups -OCH3 is 1. The number of ether oxygens (including phenoxy) is 1. The van der Waals surface area contributed by atoms with Crippen LogP contribution in [0.15, 0.2) is 36.4 Å². The summed E-state index contributed by atoms with van der Waals surface area (Å²) in [6.07, 6.45) is 6.31. The Bertz CT molecular complexity index is 619. The molecule has 2 amide bonds. The first-order valence-corrected chi connectivity index (χ1v) is 7.41. The molecular formula is C17H17NO3. The van der Waals surface area contributed by atoms with Crippen LogP contribution in [-0.4, -0.2) is 18.9 Å². The maximum absolute atomic E-state index is 12.8. The summed E-state index contributed by atoms with van der Waals surface area (Å²) in [5, 5.41) is 0. The number of imide groups is 1. The Morgan fingerprint density at radius 2 is 1.67 bits per heavy atom. The summed E-state index contributed by atoms with van der Waals surface area (Å²) in [6, 6.07) is 7.17. The molecule has 0 aromatic heterocycles. The number of fused-ring (bicyclic) bond motifs is 1. The highest BCUT2D eigenvalue weighted by molar-refractivity contribution is 6.22. The molecule has 0 N–H and O–H groups in total. The second-order valence-electron chi connectivity index (χ2n) is 6.05. The maximum Gasteiger partial charge on any atom is 0.238 e. The number of rotatable bonds is 2. The standard InChI is InChI=1S/C17H17NO3/c1-21-13-4-2-3-12(9-13)18-16(19)14-10-5-6-11(8-7-10)15(14)17(18)20/h2-6,9-11,14-15H,7-8H2,1H3/t10-,11+,14-,15-/m0/s1. The lowest BCUT2D eigenvalue weighted by atomic mass is 9.63. The van der Waals surface area contributed by atoms with Crippen molar-refractivity contribution in [3.05, 3.63) is 36.4 Å². The molecule has 0 radical (unpaired) electrons. The number of carbonyl (C=O) groups is 2. The molecule has 1 heterocycles. The summed E-state index contributed by atoms with van der Waals surface area (Å²) >= 11 is 0. The molecule has 0 unspecified atom stereocenters. The molecule has 0 spiro atoms. The Hall–Kier alpha value is -2.10. The Kier molecular flexibility index (Phi) is 2.67. The van der Waals surface area contributed by atoms with Crippen molar-refractivity contribution in [3.8, 4) is 5.75 Å². The number of hydrogen-bond donors (Lipinski definition) is 0. The van der Waals surface area contributed by atoms with Crippen molar-refractivity contribution < 1.29 is 14.3 Å². The minimum atomic E-state index is -0.160. The van der Waals surface area contributed by atoms with E-state index in [1.165, 1.54) is 4.90 Å². The summed E-state index contributed by atoms with van der Waals surface area (Å²) in [4.78, 5) is 26.9. The summed E-state index contributed by atoms with van der Waals surface area (Å²) < 4.78 is 5.20. The number of carbonyl (C=O) groups excluding carboxylic acids is 2. The quantitative estimate of drug-likeness (QED) is 0.618. The van der Waals surface area contributed by atoms with Gasteiger partial charge in [-0.3, -0.25) is 9.59 Å². The molecular weight excluding hydrogens is 266 g/mol. The smallest absolute Gasteiger partial charge is 0.238 e. The van der Waals surface area contributed by atoms with Crippen LogP contribution in [-0.2, 0) is 9.59 Å². The van der Waals surface area contributed by atoms with E-state index in [2.05, 4.69) is 12.2 Å². The van der Waals surface area contributed by atoms with Crippen molar-refractivity contribution in [2.24, 2.45) is 23.7 Å². The van der Waals surface area contributed by atoms with E-state index in [1.807, 2.05) is 12.1 Å². The van der Waals surface area contributed by atoms with Crippen LogP contribution in [0.1, 0.15) is 12.8 Å². The van der Waals surface area contributed by atoms with Crippen LogP contribution < -0.4 is 9.64 Å². The molecule has 4 heteroatoms. The van der Waals surface area contributed by atoms with E-state index in [0.717, 1.165) is 12.8 Å². The molecule has 4 atom stereocenters. The normalized spacial score (nSPS) is 33.5. The highest BCUT2D eigenvalue weighted by atomic mass is 16.5. The van der Waals surface area contributed by atoms with Crippen molar-refractivity contribution in [3.63, 3.8) is 0 Å². The van der Waals surface area contributed by atoms with E-state index in [4.69, 9.17) is 4.74 Å². The first-order valence-electron chi connectivity index (χ1n) is 7.41. The molecule has 21 heavy (non-hydrogen) atoms. The van der Waals surface area contributed by atoms with Gasteiger partial charge in [-0.05, 0) is 36.8 Å². The third kappa shape index (κ3) is 1.68. The van der Waals surface area contributed by atoms with E-state index < -0.39 is 0 Å². The van der Waals surface area contributed by atoms with E-state index in [1.54, 1.807) is 19.2 Å². The second-order valence-corrected chi connectivity index (χ2v) is 6.05. The number of anilines is 1. The van der Waals surface area contributed by atoms with Gasteiger partial charge >= 0.3 is 0 Å². The number of nitrogens with zero attached hydrogens (tertiary/aromatic N) is 1. The molecule has 2 bridgehead atoms.